The molecule has 0 aromatic rings. The van der Waals surface area contributed by atoms with Crippen LogP contribution in [0.15, 0.2) is 12.2 Å². The zero-order valence-corrected chi connectivity index (χ0v) is 13.2. The lowest BCUT2D eigenvalue weighted by molar-refractivity contribution is -0.139. The molecule has 4 N–H and O–H groups in total. The van der Waals surface area contributed by atoms with E-state index < -0.39 is 5.41 Å². The highest BCUT2D eigenvalue weighted by Gasteiger charge is 2.20. The van der Waals surface area contributed by atoms with Gasteiger partial charge >= 0.3 is 5.97 Å². The Labute approximate surface area is 127 Å². The Morgan fingerprint density at radius 3 is 1.81 bits per heavy atom. The van der Waals surface area contributed by atoms with Gasteiger partial charge in [-0.15, -0.1) is 0 Å². The Kier molecular flexibility index (Phi) is 14.9. The standard InChI is InChI=1S/C10H18O3.C5H12O3/c1-9(2)10(12)13-8-6-4-3-5-7-11;1-5(2-6,3-7)4-8/h11H,1,3-8H2,2H3;6-8H,2-4H2,1H3. The number of rotatable bonds is 10. The van der Waals surface area contributed by atoms with Crippen molar-refractivity contribution in [3.63, 3.8) is 0 Å². The number of carbonyl (C=O) groups is 1. The van der Waals surface area contributed by atoms with Crippen LogP contribution in [-0.4, -0.2) is 59.4 Å². The second-order valence-electron chi connectivity index (χ2n) is 5.34. The highest BCUT2D eigenvalue weighted by molar-refractivity contribution is 5.86. The smallest absolute Gasteiger partial charge is 0.333 e. The molecular formula is C15H30O6. The van der Waals surface area contributed by atoms with Crippen LogP contribution in [0.5, 0.6) is 0 Å². The van der Waals surface area contributed by atoms with E-state index >= 15 is 0 Å². The van der Waals surface area contributed by atoms with E-state index in [0.29, 0.717) is 12.2 Å². The van der Waals surface area contributed by atoms with Gasteiger partial charge in [-0.05, 0) is 26.2 Å². The van der Waals surface area contributed by atoms with Gasteiger partial charge in [0.25, 0.3) is 0 Å². The van der Waals surface area contributed by atoms with Gasteiger partial charge in [0.05, 0.1) is 26.4 Å². The van der Waals surface area contributed by atoms with Gasteiger partial charge in [0, 0.05) is 17.6 Å². The summed E-state index contributed by atoms with van der Waals surface area (Å²) < 4.78 is 4.88. The third kappa shape index (κ3) is 13.8. The Hall–Kier alpha value is -0.950. The Balaban J connectivity index is 0. The molecule has 0 amide bonds. The van der Waals surface area contributed by atoms with E-state index in [4.69, 9.17) is 25.2 Å². The summed E-state index contributed by atoms with van der Waals surface area (Å²) in [5, 5.41) is 33.9. The molecule has 6 heteroatoms. The van der Waals surface area contributed by atoms with Gasteiger partial charge in [-0.3, -0.25) is 0 Å². The van der Waals surface area contributed by atoms with Gasteiger partial charge in [-0.2, -0.15) is 0 Å². The first-order valence-electron chi connectivity index (χ1n) is 7.13. The van der Waals surface area contributed by atoms with Crippen molar-refractivity contribution in [3.05, 3.63) is 12.2 Å². The zero-order valence-electron chi connectivity index (χ0n) is 13.2. The van der Waals surface area contributed by atoms with Crippen molar-refractivity contribution in [2.24, 2.45) is 5.41 Å². The van der Waals surface area contributed by atoms with Crippen molar-refractivity contribution >= 4 is 5.97 Å². The summed E-state index contributed by atoms with van der Waals surface area (Å²) in [5.74, 6) is -0.317. The average Bonchev–Trinajstić information content (AvgIpc) is 2.50. The molecule has 0 fully saturated rings. The molecule has 0 atom stereocenters. The molecule has 0 saturated heterocycles. The van der Waals surface area contributed by atoms with E-state index in [2.05, 4.69) is 6.58 Å². The third-order valence-electron chi connectivity index (χ3n) is 2.78. The molecule has 0 saturated carbocycles. The summed E-state index contributed by atoms with van der Waals surface area (Å²) in [7, 11) is 0. The number of carbonyl (C=O) groups excluding carboxylic acids is 1. The molecule has 0 spiro atoms. The Morgan fingerprint density at radius 2 is 1.48 bits per heavy atom. The van der Waals surface area contributed by atoms with E-state index in [1.807, 2.05) is 0 Å². The number of esters is 1. The van der Waals surface area contributed by atoms with Crippen LogP contribution in [0, 0.1) is 5.41 Å². The molecule has 0 heterocycles. The first-order chi connectivity index (χ1) is 9.86. The number of hydrogen-bond donors (Lipinski definition) is 4. The van der Waals surface area contributed by atoms with Gasteiger partial charge in [-0.1, -0.05) is 19.9 Å². The van der Waals surface area contributed by atoms with Crippen LogP contribution in [0.3, 0.4) is 0 Å². The number of unbranched alkanes of at least 4 members (excludes halogenated alkanes) is 3. The van der Waals surface area contributed by atoms with Crippen molar-refractivity contribution in [1.29, 1.82) is 0 Å². The monoisotopic (exact) mass is 306 g/mol. The van der Waals surface area contributed by atoms with Gasteiger partial charge < -0.3 is 25.2 Å². The van der Waals surface area contributed by atoms with Gasteiger partial charge in [-0.25, -0.2) is 4.79 Å². The van der Waals surface area contributed by atoms with Crippen molar-refractivity contribution < 1.29 is 30.0 Å². The lowest BCUT2D eigenvalue weighted by Crippen LogP contribution is -2.29. The molecule has 0 aromatic heterocycles. The normalized spacial score (nSPS) is 10.6. The Bertz CT molecular complexity index is 265. The molecular weight excluding hydrogens is 276 g/mol. The SMILES string of the molecule is C=C(C)C(=O)OCCCCCCO.CC(CO)(CO)CO. The highest BCUT2D eigenvalue weighted by atomic mass is 16.5. The summed E-state index contributed by atoms with van der Waals surface area (Å²) in [6.07, 6.45) is 3.67. The molecule has 0 bridgehead atoms. The molecule has 0 aromatic carbocycles. The van der Waals surface area contributed by atoms with Crippen LogP contribution >= 0.6 is 0 Å². The molecule has 6 nitrogen and oxygen atoms in total. The molecule has 0 aliphatic heterocycles. The zero-order chi connectivity index (χ0) is 16.7. The fourth-order valence-electron chi connectivity index (χ4n) is 1.01. The van der Waals surface area contributed by atoms with Gasteiger partial charge in [0.1, 0.15) is 0 Å². The average molecular weight is 306 g/mol. The van der Waals surface area contributed by atoms with Crippen molar-refractivity contribution in [3.8, 4) is 0 Å². The summed E-state index contributed by atoms with van der Waals surface area (Å²) in [5.41, 5.74) is -0.268. The van der Waals surface area contributed by atoms with E-state index in [1.165, 1.54) is 0 Å². The van der Waals surface area contributed by atoms with Gasteiger partial charge in [0.2, 0.25) is 0 Å². The highest BCUT2D eigenvalue weighted by Crippen LogP contribution is 2.11. The van der Waals surface area contributed by atoms with Crippen LogP contribution < -0.4 is 0 Å². The van der Waals surface area contributed by atoms with Crippen LogP contribution in [0.2, 0.25) is 0 Å². The molecule has 21 heavy (non-hydrogen) atoms. The molecule has 126 valence electrons. The van der Waals surface area contributed by atoms with E-state index in [1.54, 1.807) is 13.8 Å². The van der Waals surface area contributed by atoms with E-state index in [-0.39, 0.29) is 32.4 Å². The number of ether oxygens (including phenoxy) is 1. The van der Waals surface area contributed by atoms with Crippen LogP contribution in [0.1, 0.15) is 39.5 Å². The summed E-state index contributed by atoms with van der Waals surface area (Å²) in [6, 6.07) is 0. The molecule has 0 aliphatic carbocycles. The minimum atomic E-state index is -0.708. The third-order valence-corrected chi connectivity index (χ3v) is 2.78. The lowest BCUT2D eigenvalue weighted by Gasteiger charge is -2.20. The first-order valence-corrected chi connectivity index (χ1v) is 7.13. The maximum Gasteiger partial charge on any atom is 0.333 e. The predicted molar refractivity (Wildman–Crippen MR) is 80.7 cm³/mol. The first kappa shape index (κ1) is 22.3. The van der Waals surface area contributed by atoms with Crippen molar-refractivity contribution in [1.82, 2.24) is 0 Å². The number of hydrogen-bond acceptors (Lipinski definition) is 6. The fraction of sp³-hybridized carbons (Fsp3) is 0.800. The Morgan fingerprint density at radius 1 is 1.00 bits per heavy atom. The lowest BCUT2D eigenvalue weighted by atomic mass is 9.95. The predicted octanol–water partition coefficient (Wildman–Crippen LogP) is 0.628. The quantitative estimate of drug-likeness (QED) is 0.268. The van der Waals surface area contributed by atoms with Crippen LogP contribution in [-0.2, 0) is 9.53 Å². The maximum absolute atomic E-state index is 10.9. The van der Waals surface area contributed by atoms with Crippen molar-refractivity contribution in [2.45, 2.75) is 39.5 Å². The van der Waals surface area contributed by atoms with Crippen LogP contribution in [0.25, 0.3) is 0 Å². The summed E-state index contributed by atoms with van der Waals surface area (Å²) >= 11 is 0. The second kappa shape index (κ2) is 14.0. The minimum absolute atomic E-state index is 0.181. The van der Waals surface area contributed by atoms with Crippen molar-refractivity contribution in [2.75, 3.05) is 33.0 Å². The maximum atomic E-state index is 10.9. The number of aliphatic hydroxyl groups excluding tert-OH is 4. The topological polar surface area (TPSA) is 107 Å². The summed E-state index contributed by atoms with van der Waals surface area (Å²) in [6.45, 7) is 6.87. The fourth-order valence-corrected chi connectivity index (χ4v) is 1.01. The largest absolute Gasteiger partial charge is 0.462 e. The molecule has 0 rings (SSSR count). The van der Waals surface area contributed by atoms with Crippen LogP contribution in [0.4, 0.5) is 0 Å². The molecule has 0 aliphatic rings. The van der Waals surface area contributed by atoms with E-state index in [0.717, 1.165) is 25.7 Å². The summed E-state index contributed by atoms with van der Waals surface area (Å²) in [4.78, 5) is 10.9. The van der Waals surface area contributed by atoms with Gasteiger partial charge in [0.15, 0.2) is 0 Å². The minimum Gasteiger partial charge on any atom is -0.462 e. The van der Waals surface area contributed by atoms with E-state index in [9.17, 15) is 4.79 Å². The molecule has 0 unspecified atom stereocenters. The second-order valence-corrected chi connectivity index (χ2v) is 5.34. The number of aliphatic hydroxyl groups is 4. The molecule has 0 radical (unpaired) electrons.